The number of nitrogens with two attached hydrogens (primary N) is 1. The summed E-state index contributed by atoms with van der Waals surface area (Å²) in [5.74, 6) is 0.562. The normalized spacial score (nSPS) is 10.7. The Hall–Kier alpha value is -3.44. The zero-order chi connectivity index (χ0) is 18.8. The molecule has 0 aliphatic rings. The first kappa shape index (κ1) is 17.0. The van der Waals surface area contributed by atoms with Crippen LogP contribution in [0.2, 0.25) is 5.02 Å². The molecule has 0 atom stereocenters. The first-order valence-electron chi connectivity index (χ1n) is 8.21. The lowest BCUT2D eigenvalue weighted by molar-refractivity contribution is 0.100. The van der Waals surface area contributed by atoms with E-state index < -0.39 is 5.91 Å². The molecule has 3 aromatic carbocycles. The minimum Gasteiger partial charge on any atom is -0.437 e. The molecular formula is C21H14ClN3O2. The molecule has 0 saturated heterocycles. The van der Waals surface area contributed by atoms with E-state index in [9.17, 15) is 4.79 Å². The van der Waals surface area contributed by atoms with E-state index in [0.717, 1.165) is 16.3 Å². The van der Waals surface area contributed by atoms with Crippen molar-refractivity contribution in [3.05, 3.63) is 83.4 Å². The number of amides is 1. The highest BCUT2D eigenvalue weighted by Gasteiger charge is 2.13. The van der Waals surface area contributed by atoms with Crippen LogP contribution in [-0.2, 0) is 0 Å². The van der Waals surface area contributed by atoms with Gasteiger partial charge in [0.25, 0.3) is 0 Å². The van der Waals surface area contributed by atoms with Crippen molar-refractivity contribution >= 4 is 28.3 Å². The van der Waals surface area contributed by atoms with Crippen LogP contribution in [0, 0.1) is 0 Å². The molecule has 4 rings (SSSR count). The predicted octanol–water partition coefficient (Wildman–Crippen LogP) is 4.84. The molecule has 0 aliphatic carbocycles. The Kier molecular flexibility index (Phi) is 4.44. The number of aromatic nitrogens is 2. The van der Waals surface area contributed by atoms with E-state index in [0.29, 0.717) is 27.9 Å². The Labute approximate surface area is 160 Å². The first-order valence-corrected chi connectivity index (χ1v) is 8.59. The van der Waals surface area contributed by atoms with Gasteiger partial charge in [0.1, 0.15) is 11.4 Å². The van der Waals surface area contributed by atoms with Gasteiger partial charge in [-0.2, -0.15) is 0 Å². The topological polar surface area (TPSA) is 78.1 Å². The summed E-state index contributed by atoms with van der Waals surface area (Å²) in [6.45, 7) is 0. The Balaban J connectivity index is 1.78. The third-order valence-electron chi connectivity index (χ3n) is 4.12. The Morgan fingerprint density at radius 1 is 0.852 bits per heavy atom. The van der Waals surface area contributed by atoms with Gasteiger partial charge in [-0.3, -0.25) is 4.79 Å². The molecule has 0 aliphatic heterocycles. The van der Waals surface area contributed by atoms with Crippen LogP contribution in [0.15, 0.2) is 72.8 Å². The van der Waals surface area contributed by atoms with Gasteiger partial charge in [0.2, 0.25) is 11.8 Å². The monoisotopic (exact) mass is 375 g/mol. The van der Waals surface area contributed by atoms with Crippen LogP contribution >= 0.6 is 11.6 Å². The Bertz CT molecular complexity index is 1130. The summed E-state index contributed by atoms with van der Waals surface area (Å²) in [5, 5.41) is 11.0. The number of halogens is 1. The number of nitrogens with zero attached hydrogens (tertiary/aromatic N) is 2. The molecule has 0 saturated carbocycles. The predicted molar refractivity (Wildman–Crippen MR) is 105 cm³/mol. The smallest absolute Gasteiger partial charge is 0.248 e. The molecule has 1 aromatic heterocycles. The fourth-order valence-corrected chi connectivity index (χ4v) is 2.90. The zero-order valence-corrected chi connectivity index (χ0v) is 14.9. The first-order chi connectivity index (χ1) is 13.1. The maximum atomic E-state index is 11.3. The number of carbonyl (C=O) groups excluding carboxylic acids is 1. The quantitative estimate of drug-likeness (QED) is 0.553. The van der Waals surface area contributed by atoms with Crippen LogP contribution in [0.4, 0.5) is 0 Å². The lowest BCUT2D eigenvalue weighted by Gasteiger charge is -2.10. The molecule has 4 aromatic rings. The van der Waals surface area contributed by atoms with Gasteiger partial charge in [0.05, 0.1) is 0 Å². The zero-order valence-electron chi connectivity index (χ0n) is 14.1. The highest BCUT2D eigenvalue weighted by molar-refractivity contribution is 6.30. The number of hydrogen-bond acceptors (Lipinski definition) is 4. The van der Waals surface area contributed by atoms with Gasteiger partial charge in [-0.25, -0.2) is 0 Å². The number of ether oxygens (including phenoxy) is 1. The number of rotatable bonds is 4. The minimum atomic E-state index is -0.468. The van der Waals surface area contributed by atoms with Crippen molar-refractivity contribution in [3.8, 4) is 22.9 Å². The van der Waals surface area contributed by atoms with Crippen molar-refractivity contribution in [1.82, 2.24) is 10.2 Å². The third kappa shape index (κ3) is 3.45. The van der Waals surface area contributed by atoms with Crippen molar-refractivity contribution < 1.29 is 9.53 Å². The van der Waals surface area contributed by atoms with Gasteiger partial charge < -0.3 is 10.5 Å². The lowest BCUT2D eigenvalue weighted by atomic mass is 10.0. The molecule has 1 amide bonds. The minimum absolute atomic E-state index is 0.408. The standard InChI is InChI=1S/C21H14ClN3O2/c22-15-9-11-16(12-10-15)27-21-18-4-2-1-3-17(18)19(24-25-21)13-5-7-14(8-6-13)20(23)26/h1-12H,(H2,23,26). The second kappa shape index (κ2) is 7.05. The molecule has 5 nitrogen and oxygen atoms in total. The summed E-state index contributed by atoms with van der Waals surface area (Å²) >= 11 is 5.92. The summed E-state index contributed by atoms with van der Waals surface area (Å²) in [6.07, 6.45) is 0. The fraction of sp³-hybridized carbons (Fsp3) is 0. The summed E-state index contributed by atoms with van der Waals surface area (Å²) < 4.78 is 5.89. The van der Waals surface area contributed by atoms with E-state index in [1.807, 2.05) is 24.3 Å². The number of carbonyl (C=O) groups is 1. The van der Waals surface area contributed by atoms with E-state index in [-0.39, 0.29) is 0 Å². The number of primary amides is 1. The van der Waals surface area contributed by atoms with Crippen LogP contribution in [0.3, 0.4) is 0 Å². The molecule has 2 N–H and O–H groups in total. The molecule has 0 bridgehead atoms. The van der Waals surface area contributed by atoms with E-state index >= 15 is 0 Å². The molecule has 0 unspecified atom stereocenters. The van der Waals surface area contributed by atoms with Crippen molar-refractivity contribution in [2.75, 3.05) is 0 Å². The van der Waals surface area contributed by atoms with E-state index in [2.05, 4.69) is 10.2 Å². The van der Waals surface area contributed by atoms with Crippen LogP contribution in [0.1, 0.15) is 10.4 Å². The third-order valence-corrected chi connectivity index (χ3v) is 4.38. The molecule has 0 spiro atoms. The Morgan fingerprint density at radius 3 is 2.19 bits per heavy atom. The summed E-state index contributed by atoms with van der Waals surface area (Å²) in [4.78, 5) is 11.3. The highest BCUT2D eigenvalue weighted by atomic mass is 35.5. The van der Waals surface area contributed by atoms with Crippen LogP contribution in [0.25, 0.3) is 22.0 Å². The average Bonchev–Trinajstić information content (AvgIpc) is 2.70. The summed E-state index contributed by atoms with van der Waals surface area (Å²) in [7, 11) is 0. The number of benzene rings is 3. The lowest BCUT2D eigenvalue weighted by Crippen LogP contribution is -2.10. The van der Waals surface area contributed by atoms with Gasteiger partial charge in [0, 0.05) is 26.9 Å². The fourth-order valence-electron chi connectivity index (χ4n) is 2.77. The number of hydrogen-bond donors (Lipinski definition) is 1. The van der Waals surface area contributed by atoms with Gasteiger partial charge in [-0.15, -0.1) is 10.2 Å². The van der Waals surface area contributed by atoms with Crippen LogP contribution in [0.5, 0.6) is 11.6 Å². The molecule has 0 fully saturated rings. The largest absolute Gasteiger partial charge is 0.437 e. The van der Waals surface area contributed by atoms with Crippen LogP contribution in [-0.4, -0.2) is 16.1 Å². The molecule has 132 valence electrons. The molecular weight excluding hydrogens is 362 g/mol. The molecule has 27 heavy (non-hydrogen) atoms. The molecule has 1 heterocycles. The van der Waals surface area contributed by atoms with E-state index in [1.54, 1.807) is 48.5 Å². The highest BCUT2D eigenvalue weighted by Crippen LogP contribution is 2.33. The SMILES string of the molecule is NC(=O)c1ccc(-c2nnc(Oc3ccc(Cl)cc3)c3ccccc23)cc1. The van der Waals surface area contributed by atoms with E-state index in [4.69, 9.17) is 22.1 Å². The summed E-state index contributed by atoms with van der Waals surface area (Å²) in [6, 6.07) is 21.7. The Morgan fingerprint density at radius 2 is 1.52 bits per heavy atom. The second-order valence-corrected chi connectivity index (χ2v) is 6.33. The van der Waals surface area contributed by atoms with E-state index in [1.165, 1.54) is 0 Å². The molecule has 0 radical (unpaired) electrons. The van der Waals surface area contributed by atoms with Crippen LogP contribution < -0.4 is 10.5 Å². The maximum absolute atomic E-state index is 11.3. The van der Waals surface area contributed by atoms with Crippen molar-refractivity contribution in [2.24, 2.45) is 5.73 Å². The van der Waals surface area contributed by atoms with Crippen molar-refractivity contribution in [3.63, 3.8) is 0 Å². The average molecular weight is 376 g/mol. The van der Waals surface area contributed by atoms with Gasteiger partial charge >= 0.3 is 0 Å². The molecule has 6 heteroatoms. The van der Waals surface area contributed by atoms with Crippen molar-refractivity contribution in [2.45, 2.75) is 0 Å². The van der Waals surface area contributed by atoms with Gasteiger partial charge in [-0.05, 0) is 42.5 Å². The van der Waals surface area contributed by atoms with Gasteiger partial charge in [0.15, 0.2) is 0 Å². The summed E-state index contributed by atoms with van der Waals surface area (Å²) in [5.41, 5.74) is 7.28. The second-order valence-electron chi connectivity index (χ2n) is 5.90. The van der Waals surface area contributed by atoms with Gasteiger partial charge in [-0.1, -0.05) is 41.9 Å². The maximum Gasteiger partial charge on any atom is 0.248 e. The number of fused-ring (bicyclic) bond motifs is 1. The van der Waals surface area contributed by atoms with Crippen molar-refractivity contribution in [1.29, 1.82) is 0 Å².